The van der Waals surface area contributed by atoms with Crippen LogP contribution in [0.2, 0.25) is 0 Å². The minimum absolute atomic E-state index is 0.389. The Hall–Kier alpha value is -0.400. The van der Waals surface area contributed by atoms with E-state index in [1.54, 1.807) is 0 Å². The van der Waals surface area contributed by atoms with Crippen LogP contribution in [0.4, 0.5) is 17.6 Å². The van der Waals surface area contributed by atoms with Gasteiger partial charge in [-0.15, -0.1) is 0 Å². The van der Waals surface area contributed by atoms with Crippen LogP contribution in [0.15, 0.2) is 30.9 Å². The Bertz CT molecular complexity index is 1060. The number of halogens is 8. The maximum Gasteiger partial charge on any atom is 0.264 e. The molecular weight excluding hydrogens is 579 g/mol. The van der Waals surface area contributed by atoms with Crippen LogP contribution >= 0.6 is 53.2 Å². The van der Waals surface area contributed by atoms with Gasteiger partial charge in [-0.05, 0) is 44.0 Å². The van der Waals surface area contributed by atoms with E-state index in [9.17, 15) is 34.4 Å². The van der Waals surface area contributed by atoms with E-state index in [1.807, 2.05) is 0 Å². The second kappa shape index (κ2) is 7.21. The van der Waals surface area contributed by atoms with E-state index in [1.165, 1.54) is 0 Å². The van der Waals surface area contributed by atoms with Crippen molar-refractivity contribution in [2.24, 2.45) is 0 Å². The Morgan fingerprint density at radius 2 is 0.962 bits per heavy atom. The van der Waals surface area contributed by atoms with E-state index in [0.717, 1.165) is 0 Å². The molecule has 0 aliphatic carbocycles. The molecule has 4 nitrogen and oxygen atoms in total. The van der Waals surface area contributed by atoms with Gasteiger partial charge in [-0.3, -0.25) is 0 Å². The molecular formula is C12H2Br2Cl2F4O4S2. The molecule has 0 saturated carbocycles. The maximum atomic E-state index is 14.4. The highest BCUT2D eigenvalue weighted by Gasteiger charge is 2.35. The van der Waals surface area contributed by atoms with Crippen molar-refractivity contribution in [3.63, 3.8) is 0 Å². The molecule has 0 amide bonds. The third kappa shape index (κ3) is 3.90. The van der Waals surface area contributed by atoms with Crippen molar-refractivity contribution < 1.29 is 34.4 Å². The molecule has 0 fully saturated rings. The van der Waals surface area contributed by atoms with E-state index >= 15 is 0 Å². The molecule has 26 heavy (non-hydrogen) atoms. The average molecular weight is 581 g/mol. The normalized spacial score (nSPS) is 12.5. The van der Waals surface area contributed by atoms with E-state index in [2.05, 4.69) is 31.9 Å². The first-order valence-corrected chi connectivity index (χ1v) is 12.1. The molecule has 2 aromatic carbocycles. The third-order valence-corrected chi connectivity index (χ3v) is 6.82. The molecule has 0 aromatic heterocycles. The van der Waals surface area contributed by atoms with Gasteiger partial charge in [0.05, 0.1) is 8.95 Å². The molecule has 2 rings (SSSR count). The van der Waals surface area contributed by atoms with Crippen molar-refractivity contribution >= 4 is 71.3 Å². The van der Waals surface area contributed by atoms with Gasteiger partial charge in [0.25, 0.3) is 18.1 Å². The quantitative estimate of drug-likeness (QED) is 0.281. The Balaban J connectivity index is 3.25. The SMILES string of the molecule is O=S(=O)(Cl)c1c(F)c(Br)cc(F)c1-c1c(F)cc(Br)c(F)c1S(=O)(=O)Cl. The fraction of sp³-hybridized carbons (Fsp3) is 0. The van der Waals surface area contributed by atoms with Crippen molar-refractivity contribution in [1.82, 2.24) is 0 Å². The fourth-order valence-electron chi connectivity index (χ4n) is 2.07. The molecule has 0 spiro atoms. The van der Waals surface area contributed by atoms with Gasteiger partial charge in [0, 0.05) is 32.5 Å². The van der Waals surface area contributed by atoms with Gasteiger partial charge in [-0.1, -0.05) is 0 Å². The first-order chi connectivity index (χ1) is 11.7. The topological polar surface area (TPSA) is 68.3 Å². The zero-order valence-electron chi connectivity index (χ0n) is 11.6. The summed E-state index contributed by atoms with van der Waals surface area (Å²) in [6.07, 6.45) is 0. The van der Waals surface area contributed by atoms with Gasteiger partial charge in [-0.25, -0.2) is 34.4 Å². The highest BCUT2D eigenvalue weighted by Crippen LogP contribution is 2.44. The maximum absolute atomic E-state index is 14.4. The molecule has 0 aliphatic rings. The van der Waals surface area contributed by atoms with Crippen molar-refractivity contribution in [3.8, 4) is 11.1 Å². The first-order valence-electron chi connectivity index (χ1n) is 5.92. The van der Waals surface area contributed by atoms with Crippen LogP contribution in [0, 0.1) is 23.3 Å². The summed E-state index contributed by atoms with van der Waals surface area (Å²) in [6, 6.07) is 0.778. The summed E-state index contributed by atoms with van der Waals surface area (Å²) < 4.78 is 103. The lowest BCUT2D eigenvalue weighted by Gasteiger charge is -2.15. The summed E-state index contributed by atoms with van der Waals surface area (Å²) in [4.78, 5) is -3.18. The lowest BCUT2D eigenvalue weighted by atomic mass is 10.0. The number of rotatable bonds is 3. The molecule has 0 saturated heterocycles. The smallest absolute Gasteiger partial charge is 0.207 e. The minimum atomic E-state index is -5.07. The Labute approximate surface area is 170 Å². The summed E-state index contributed by atoms with van der Waals surface area (Å²) in [5.41, 5.74) is -2.85. The predicted octanol–water partition coefficient (Wildman–Crippen LogP) is 5.29. The highest BCUT2D eigenvalue weighted by molar-refractivity contribution is 9.10. The van der Waals surface area contributed by atoms with Crippen molar-refractivity contribution in [2.75, 3.05) is 0 Å². The van der Waals surface area contributed by atoms with Gasteiger partial charge in [0.15, 0.2) is 11.6 Å². The van der Waals surface area contributed by atoms with E-state index in [-0.39, 0.29) is 0 Å². The van der Waals surface area contributed by atoms with Crippen LogP contribution in [0.1, 0.15) is 0 Å². The van der Waals surface area contributed by atoms with Crippen LogP contribution in [0.25, 0.3) is 11.1 Å². The number of benzene rings is 2. The molecule has 0 heterocycles. The van der Waals surface area contributed by atoms with Gasteiger partial charge in [0.1, 0.15) is 21.4 Å². The number of hydrogen-bond acceptors (Lipinski definition) is 4. The van der Waals surface area contributed by atoms with Crippen LogP contribution in [-0.4, -0.2) is 16.8 Å². The monoisotopic (exact) mass is 578 g/mol. The van der Waals surface area contributed by atoms with Gasteiger partial charge in [-0.2, -0.15) is 0 Å². The second-order valence-electron chi connectivity index (χ2n) is 4.59. The van der Waals surface area contributed by atoms with Gasteiger partial charge >= 0.3 is 0 Å². The molecule has 0 radical (unpaired) electrons. The molecule has 142 valence electrons. The zero-order chi connectivity index (χ0) is 20.2. The second-order valence-corrected chi connectivity index (χ2v) is 11.3. The summed E-state index contributed by atoms with van der Waals surface area (Å²) in [7, 11) is 0.0377. The lowest BCUT2D eigenvalue weighted by Crippen LogP contribution is -2.09. The Kier molecular flexibility index (Phi) is 6.07. The zero-order valence-corrected chi connectivity index (χ0v) is 17.9. The average Bonchev–Trinajstić information content (AvgIpc) is 2.44. The van der Waals surface area contributed by atoms with Gasteiger partial charge in [0.2, 0.25) is 0 Å². The summed E-state index contributed by atoms with van der Waals surface area (Å²) in [5, 5.41) is 0. The molecule has 0 atom stereocenters. The van der Waals surface area contributed by atoms with Crippen molar-refractivity contribution in [2.45, 2.75) is 9.79 Å². The largest absolute Gasteiger partial charge is 0.264 e. The van der Waals surface area contributed by atoms with Gasteiger partial charge < -0.3 is 0 Å². The van der Waals surface area contributed by atoms with Crippen molar-refractivity contribution in [1.29, 1.82) is 0 Å². The predicted molar refractivity (Wildman–Crippen MR) is 93.2 cm³/mol. The molecule has 14 heteroatoms. The van der Waals surface area contributed by atoms with E-state index in [0.29, 0.717) is 12.1 Å². The minimum Gasteiger partial charge on any atom is -0.207 e. The van der Waals surface area contributed by atoms with Crippen LogP contribution in [-0.2, 0) is 18.1 Å². The van der Waals surface area contributed by atoms with Crippen molar-refractivity contribution in [3.05, 3.63) is 44.3 Å². The third-order valence-electron chi connectivity index (χ3n) is 2.99. The van der Waals surface area contributed by atoms with E-state index in [4.69, 9.17) is 21.4 Å². The fourth-order valence-corrected chi connectivity index (χ4v) is 5.54. The van der Waals surface area contributed by atoms with Crippen LogP contribution in [0.5, 0.6) is 0 Å². The first kappa shape index (κ1) is 21.9. The molecule has 0 bridgehead atoms. The molecule has 0 unspecified atom stereocenters. The standard InChI is InChI=1S/C12H2Br2Cl2F4O4S2/c13-3-1-5(17)7(11(9(3)19)25(15,21)22)8-6(18)2-4(14)10(20)12(8)26(16,23)24/h1-2H. The van der Waals surface area contributed by atoms with E-state index < -0.39 is 71.2 Å². The van der Waals surface area contributed by atoms with Crippen LogP contribution < -0.4 is 0 Å². The Morgan fingerprint density at radius 1 is 0.692 bits per heavy atom. The van der Waals surface area contributed by atoms with Crippen LogP contribution in [0.3, 0.4) is 0 Å². The lowest BCUT2D eigenvalue weighted by molar-refractivity contribution is 0.544. The highest BCUT2D eigenvalue weighted by atomic mass is 79.9. The Morgan fingerprint density at radius 3 is 1.19 bits per heavy atom. The molecule has 2 aromatic rings. The number of hydrogen-bond donors (Lipinski definition) is 0. The summed E-state index contributed by atoms with van der Waals surface area (Å²) >= 11 is 5.08. The summed E-state index contributed by atoms with van der Waals surface area (Å²) in [5.74, 6) is -6.48. The molecule has 0 aliphatic heterocycles. The summed E-state index contributed by atoms with van der Waals surface area (Å²) in [6.45, 7) is 0. The molecule has 0 N–H and O–H groups in total.